The van der Waals surface area contributed by atoms with Crippen molar-refractivity contribution in [1.82, 2.24) is 4.90 Å². The molecule has 10 heteroatoms. The summed E-state index contributed by atoms with van der Waals surface area (Å²) in [5.41, 5.74) is 2.12. The number of amides is 2. The Balaban J connectivity index is 1.40. The number of hydrogen-bond acceptors (Lipinski definition) is 7. The molecule has 1 saturated heterocycles. The third kappa shape index (κ3) is 6.00. The molecule has 3 aromatic carbocycles. The van der Waals surface area contributed by atoms with Gasteiger partial charge in [-0.25, -0.2) is 4.99 Å². The van der Waals surface area contributed by atoms with E-state index in [1.54, 1.807) is 29.2 Å². The van der Waals surface area contributed by atoms with Gasteiger partial charge in [-0.15, -0.1) is 0 Å². The number of aliphatic imine (C=N–C) groups is 1. The first-order chi connectivity index (χ1) is 18.0. The van der Waals surface area contributed by atoms with E-state index in [9.17, 15) is 9.59 Å². The number of nitrogens with zero attached hydrogens (tertiary/aromatic N) is 2. The predicted octanol–water partition coefficient (Wildman–Crippen LogP) is 5.63. The predicted molar refractivity (Wildman–Crippen MR) is 144 cm³/mol. The minimum Gasteiger partial charge on any atom is -0.494 e. The standard InChI is InChI=1S/C27H24ClN3O5S/c1-2-34-21-10-8-20(9-11-21)30-27-31(15-17-3-12-22-23(13-17)36-16-35-22)25(32)14-24(37-27)26(33)29-19-6-4-18(28)5-7-19/h3-13,24H,2,14-16H2,1H3,(H,29,33)/t24-/m0/s1. The molecule has 5 rings (SSSR count). The molecule has 37 heavy (non-hydrogen) atoms. The number of rotatable bonds is 7. The third-order valence-electron chi connectivity index (χ3n) is 5.69. The highest BCUT2D eigenvalue weighted by atomic mass is 35.5. The summed E-state index contributed by atoms with van der Waals surface area (Å²) in [6, 6.07) is 19.7. The van der Waals surface area contributed by atoms with Gasteiger partial charge in [-0.1, -0.05) is 29.4 Å². The second kappa shape index (κ2) is 11.1. The maximum atomic E-state index is 13.3. The number of thioether (sulfide) groups is 1. The molecule has 0 radical (unpaired) electrons. The molecule has 1 N–H and O–H groups in total. The van der Waals surface area contributed by atoms with E-state index in [4.69, 9.17) is 30.8 Å². The zero-order valence-electron chi connectivity index (χ0n) is 20.0. The molecule has 0 spiro atoms. The molecule has 1 fully saturated rings. The summed E-state index contributed by atoms with van der Waals surface area (Å²) in [5.74, 6) is 1.57. The Morgan fingerprint density at radius 2 is 1.86 bits per heavy atom. The van der Waals surface area contributed by atoms with Gasteiger partial charge in [-0.3, -0.25) is 14.5 Å². The van der Waals surface area contributed by atoms with Gasteiger partial charge in [0.2, 0.25) is 18.6 Å². The minimum atomic E-state index is -0.641. The molecule has 0 bridgehead atoms. The molecular weight excluding hydrogens is 514 g/mol. The first kappa shape index (κ1) is 25.0. The number of nitrogens with one attached hydrogen (secondary N) is 1. The lowest BCUT2D eigenvalue weighted by Crippen LogP contribution is -2.44. The molecule has 8 nitrogen and oxygen atoms in total. The van der Waals surface area contributed by atoms with Gasteiger partial charge in [0, 0.05) is 17.1 Å². The Kier molecular flexibility index (Phi) is 7.52. The van der Waals surface area contributed by atoms with Crippen molar-refractivity contribution >= 4 is 51.7 Å². The largest absolute Gasteiger partial charge is 0.494 e. The number of anilines is 1. The van der Waals surface area contributed by atoms with E-state index in [2.05, 4.69) is 5.32 Å². The summed E-state index contributed by atoms with van der Waals surface area (Å²) in [6.45, 7) is 2.93. The molecular formula is C27H24ClN3O5S. The summed E-state index contributed by atoms with van der Waals surface area (Å²) in [6.07, 6.45) is 0.0386. The smallest absolute Gasteiger partial charge is 0.238 e. The average Bonchev–Trinajstić information content (AvgIpc) is 3.36. The van der Waals surface area contributed by atoms with Gasteiger partial charge in [0.05, 0.1) is 18.8 Å². The Morgan fingerprint density at radius 1 is 1.11 bits per heavy atom. The fraction of sp³-hybridized carbons (Fsp3) is 0.222. The quantitative estimate of drug-likeness (QED) is 0.420. The number of fused-ring (bicyclic) bond motifs is 1. The van der Waals surface area contributed by atoms with Crippen molar-refractivity contribution in [3.63, 3.8) is 0 Å². The lowest BCUT2D eigenvalue weighted by molar-refractivity contribution is -0.129. The van der Waals surface area contributed by atoms with Crippen LogP contribution in [0.4, 0.5) is 11.4 Å². The molecule has 2 heterocycles. The van der Waals surface area contributed by atoms with Crippen LogP contribution in [0.15, 0.2) is 71.7 Å². The summed E-state index contributed by atoms with van der Waals surface area (Å²) >= 11 is 7.21. The van der Waals surface area contributed by atoms with Crippen LogP contribution < -0.4 is 19.5 Å². The first-order valence-corrected chi connectivity index (χ1v) is 13.0. The first-order valence-electron chi connectivity index (χ1n) is 11.7. The van der Waals surface area contributed by atoms with Crippen molar-refractivity contribution in [2.75, 3.05) is 18.7 Å². The number of amidine groups is 1. The van der Waals surface area contributed by atoms with Gasteiger partial charge in [-0.2, -0.15) is 0 Å². The minimum absolute atomic E-state index is 0.0386. The highest BCUT2D eigenvalue weighted by molar-refractivity contribution is 8.15. The third-order valence-corrected chi connectivity index (χ3v) is 7.13. The zero-order chi connectivity index (χ0) is 25.8. The van der Waals surface area contributed by atoms with Gasteiger partial charge >= 0.3 is 0 Å². The Morgan fingerprint density at radius 3 is 2.62 bits per heavy atom. The van der Waals surface area contributed by atoms with E-state index in [1.165, 1.54) is 11.8 Å². The van der Waals surface area contributed by atoms with Gasteiger partial charge in [0.25, 0.3) is 0 Å². The highest BCUT2D eigenvalue weighted by Crippen LogP contribution is 2.35. The maximum Gasteiger partial charge on any atom is 0.238 e. The van der Waals surface area contributed by atoms with Crippen LogP contribution >= 0.6 is 23.4 Å². The van der Waals surface area contributed by atoms with E-state index in [0.29, 0.717) is 39.7 Å². The average molecular weight is 538 g/mol. The second-order valence-corrected chi connectivity index (χ2v) is 9.90. The summed E-state index contributed by atoms with van der Waals surface area (Å²) < 4.78 is 16.4. The monoisotopic (exact) mass is 537 g/mol. The van der Waals surface area contributed by atoms with Crippen molar-refractivity contribution in [3.8, 4) is 17.2 Å². The zero-order valence-corrected chi connectivity index (χ0v) is 21.6. The number of halogens is 1. The topological polar surface area (TPSA) is 89.5 Å². The Hall–Kier alpha value is -3.69. The van der Waals surface area contributed by atoms with Crippen molar-refractivity contribution in [2.24, 2.45) is 4.99 Å². The van der Waals surface area contributed by atoms with Crippen LogP contribution in [0, 0.1) is 0 Å². The summed E-state index contributed by atoms with van der Waals surface area (Å²) in [7, 11) is 0. The van der Waals surface area contributed by atoms with E-state index in [1.807, 2.05) is 49.4 Å². The van der Waals surface area contributed by atoms with Crippen LogP contribution in [0.5, 0.6) is 17.2 Å². The van der Waals surface area contributed by atoms with Crippen molar-refractivity contribution in [1.29, 1.82) is 0 Å². The maximum absolute atomic E-state index is 13.3. The van der Waals surface area contributed by atoms with E-state index >= 15 is 0 Å². The fourth-order valence-electron chi connectivity index (χ4n) is 3.87. The molecule has 1 atom stereocenters. The second-order valence-electron chi connectivity index (χ2n) is 8.30. The van der Waals surface area contributed by atoms with Crippen LogP contribution in [0.1, 0.15) is 18.9 Å². The number of ether oxygens (including phenoxy) is 3. The van der Waals surface area contributed by atoms with Gasteiger partial charge in [0.15, 0.2) is 16.7 Å². The highest BCUT2D eigenvalue weighted by Gasteiger charge is 2.36. The van der Waals surface area contributed by atoms with Crippen LogP contribution in [0.25, 0.3) is 0 Å². The molecule has 0 saturated carbocycles. The molecule has 0 aromatic heterocycles. The van der Waals surface area contributed by atoms with E-state index < -0.39 is 5.25 Å². The van der Waals surface area contributed by atoms with Crippen molar-refractivity contribution in [3.05, 3.63) is 77.3 Å². The van der Waals surface area contributed by atoms with Crippen LogP contribution in [-0.4, -0.2) is 40.5 Å². The SMILES string of the molecule is CCOc1ccc(N=C2S[C@H](C(=O)Nc3ccc(Cl)cc3)CC(=O)N2Cc2ccc3c(c2)OCO3)cc1. The Labute approximate surface area is 223 Å². The number of hydrogen-bond donors (Lipinski definition) is 1. The van der Waals surface area contributed by atoms with Gasteiger partial charge < -0.3 is 19.5 Å². The number of carbonyl (C=O) groups is 2. The molecule has 2 aliphatic heterocycles. The Bertz CT molecular complexity index is 1330. The fourth-order valence-corrected chi connectivity index (χ4v) is 5.09. The van der Waals surface area contributed by atoms with Crippen molar-refractivity contribution in [2.45, 2.75) is 25.1 Å². The van der Waals surface area contributed by atoms with E-state index in [-0.39, 0.29) is 31.6 Å². The van der Waals surface area contributed by atoms with Crippen LogP contribution in [0.3, 0.4) is 0 Å². The van der Waals surface area contributed by atoms with Crippen LogP contribution in [0.2, 0.25) is 5.02 Å². The molecule has 3 aromatic rings. The molecule has 0 unspecified atom stereocenters. The van der Waals surface area contributed by atoms with Crippen LogP contribution in [-0.2, 0) is 16.1 Å². The van der Waals surface area contributed by atoms with E-state index in [0.717, 1.165) is 11.3 Å². The molecule has 2 amide bonds. The lowest BCUT2D eigenvalue weighted by Gasteiger charge is -2.32. The normalized spacial score (nSPS) is 17.7. The van der Waals surface area contributed by atoms with Crippen molar-refractivity contribution < 1.29 is 23.8 Å². The van der Waals surface area contributed by atoms with Gasteiger partial charge in [0.1, 0.15) is 11.0 Å². The van der Waals surface area contributed by atoms with Gasteiger partial charge in [-0.05, 0) is 73.2 Å². The molecule has 0 aliphatic carbocycles. The summed E-state index contributed by atoms with van der Waals surface area (Å²) in [5, 5.41) is 3.24. The number of carbonyl (C=O) groups excluding carboxylic acids is 2. The lowest BCUT2D eigenvalue weighted by atomic mass is 10.1. The number of benzene rings is 3. The molecule has 190 valence electrons. The summed E-state index contributed by atoms with van der Waals surface area (Å²) in [4.78, 5) is 32.8. The molecule has 2 aliphatic rings.